The molecular formula is C17H28Cl2N4O2. The fourth-order valence-corrected chi connectivity index (χ4v) is 3.39. The van der Waals surface area contributed by atoms with Crippen LogP contribution in [0, 0.1) is 0 Å². The number of rotatable bonds is 5. The Bertz CT molecular complexity index is 547. The van der Waals surface area contributed by atoms with Crippen molar-refractivity contribution >= 4 is 36.5 Å². The van der Waals surface area contributed by atoms with Gasteiger partial charge in [0, 0.05) is 32.9 Å². The second-order valence-corrected chi connectivity index (χ2v) is 6.35. The first-order valence-corrected chi connectivity index (χ1v) is 8.48. The summed E-state index contributed by atoms with van der Waals surface area (Å²) >= 11 is 0. The predicted molar refractivity (Wildman–Crippen MR) is 104 cm³/mol. The van der Waals surface area contributed by atoms with Crippen LogP contribution in [0.15, 0.2) is 18.3 Å². The summed E-state index contributed by atoms with van der Waals surface area (Å²) < 4.78 is 5.56. The third-order valence-corrected chi connectivity index (χ3v) is 4.91. The first-order chi connectivity index (χ1) is 11.2. The van der Waals surface area contributed by atoms with Gasteiger partial charge in [-0.1, -0.05) is 0 Å². The van der Waals surface area contributed by atoms with E-state index in [0.29, 0.717) is 19.4 Å². The average molecular weight is 391 g/mol. The van der Waals surface area contributed by atoms with Crippen LogP contribution in [0.1, 0.15) is 31.2 Å². The molecule has 1 aromatic heterocycles. The lowest BCUT2D eigenvalue weighted by atomic mass is 9.91. The fourth-order valence-electron chi connectivity index (χ4n) is 3.39. The highest BCUT2D eigenvalue weighted by molar-refractivity contribution is 5.86. The number of nitrogens with zero attached hydrogens (tertiary/aromatic N) is 2. The predicted octanol–water partition coefficient (Wildman–Crippen LogP) is 1.91. The monoisotopic (exact) mass is 390 g/mol. The normalized spacial score (nSPS) is 18.8. The van der Waals surface area contributed by atoms with Gasteiger partial charge < -0.3 is 20.3 Å². The molecule has 0 aromatic carbocycles. The van der Waals surface area contributed by atoms with E-state index in [1.807, 2.05) is 12.3 Å². The molecule has 2 saturated heterocycles. The largest absolute Gasteiger partial charge is 0.368 e. The van der Waals surface area contributed by atoms with Crippen molar-refractivity contribution < 1.29 is 9.53 Å². The molecule has 8 heteroatoms. The van der Waals surface area contributed by atoms with Crippen LogP contribution in [-0.2, 0) is 16.1 Å². The van der Waals surface area contributed by atoms with E-state index in [9.17, 15) is 4.79 Å². The molecule has 2 N–H and O–H groups in total. The van der Waals surface area contributed by atoms with Gasteiger partial charge in [-0.2, -0.15) is 0 Å². The Morgan fingerprint density at radius 1 is 1.32 bits per heavy atom. The number of amides is 1. The van der Waals surface area contributed by atoms with Crippen LogP contribution in [0.4, 0.5) is 5.82 Å². The molecular weight excluding hydrogens is 363 g/mol. The van der Waals surface area contributed by atoms with Crippen molar-refractivity contribution in [2.75, 3.05) is 38.2 Å². The summed E-state index contributed by atoms with van der Waals surface area (Å²) in [6, 6.07) is 4.04. The molecule has 142 valence electrons. The van der Waals surface area contributed by atoms with Crippen LogP contribution < -0.4 is 15.5 Å². The maximum absolute atomic E-state index is 12.6. The van der Waals surface area contributed by atoms with Crippen molar-refractivity contribution in [2.45, 2.75) is 37.8 Å². The Labute approximate surface area is 161 Å². The Morgan fingerprint density at radius 2 is 2.00 bits per heavy atom. The summed E-state index contributed by atoms with van der Waals surface area (Å²) in [6.45, 7) is 4.29. The molecule has 0 atom stereocenters. The van der Waals surface area contributed by atoms with Gasteiger partial charge in [0.05, 0.1) is 0 Å². The number of aromatic nitrogens is 1. The quantitative estimate of drug-likeness (QED) is 0.803. The lowest BCUT2D eigenvalue weighted by Crippen LogP contribution is -2.53. The van der Waals surface area contributed by atoms with E-state index in [2.05, 4.69) is 26.6 Å². The lowest BCUT2D eigenvalue weighted by molar-refractivity contribution is -0.146. The van der Waals surface area contributed by atoms with E-state index in [-0.39, 0.29) is 30.7 Å². The molecule has 0 radical (unpaired) electrons. The van der Waals surface area contributed by atoms with E-state index in [1.165, 1.54) is 12.8 Å². The molecule has 2 aliphatic rings. The number of carbonyl (C=O) groups is 1. The third kappa shape index (κ3) is 5.20. The minimum atomic E-state index is -0.684. The minimum absolute atomic E-state index is 0. The summed E-state index contributed by atoms with van der Waals surface area (Å²) in [5, 5.41) is 6.31. The van der Waals surface area contributed by atoms with Crippen molar-refractivity contribution in [1.82, 2.24) is 15.6 Å². The Balaban J connectivity index is 0.00000156. The Kier molecular flexibility index (Phi) is 8.93. The summed E-state index contributed by atoms with van der Waals surface area (Å²) in [5.41, 5.74) is 0.395. The van der Waals surface area contributed by atoms with Gasteiger partial charge in [-0.3, -0.25) is 4.79 Å². The van der Waals surface area contributed by atoms with Crippen molar-refractivity contribution in [3.05, 3.63) is 23.9 Å². The Hall–Kier alpha value is -1.08. The summed E-state index contributed by atoms with van der Waals surface area (Å²) in [4.78, 5) is 19.3. The molecule has 0 spiro atoms. The van der Waals surface area contributed by atoms with E-state index in [1.54, 1.807) is 7.11 Å². The van der Waals surface area contributed by atoms with Crippen LogP contribution in [0.5, 0.6) is 0 Å². The highest BCUT2D eigenvalue weighted by Crippen LogP contribution is 2.23. The lowest BCUT2D eigenvalue weighted by Gasteiger charge is -2.34. The minimum Gasteiger partial charge on any atom is -0.368 e. The van der Waals surface area contributed by atoms with E-state index >= 15 is 0 Å². The standard InChI is InChI=1S/C17H26N4O2.2ClH/c1-23-17(5-8-18-9-6-17)16(22)20-13-14-4-7-19-15(12-14)21-10-2-3-11-21;;/h4,7,12,18H,2-3,5-6,8-11,13H2,1H3,(H,20,22);2*1H. The topological polar surface area (TPSA) is 66.5 Å². The van der Waals surface area contributed by atoms with Gasteiger partial charge in [0.1, 0.15) is 11.4 Å². The summed E-state index contributed by atoms with van der Waals surface area (Å²) in [5.74, 6) is 0.999. The fraction of sp³-hybridized carbons (Fsp3) is 0.647. The van der Waals surface area contributed by atoms with Gasteiger partial charge in [-0.15, -0.1) is 24.8 Å². The number of piperidine rings is 1. The number of methoxy groups -OCH3 is 1. The zero-order valence-corrected chi connectivity index (χ0v) is 16.3. The second-order valence-electron chi connectivity index (χ2n) is 6.35. The van der Waals surface area contributed by atoms with Gasteiger partial charge in [0.25, 0.3) is 5.91 Å². The van der Waals surface area contributed by atoms with Gasteiger partial charge in [-0.25, -0.2) is 4.98 Å². The Morgan fingerprint density at radius 3 is 2.64 bits per heavy atom. The van der Waals surface area contributed by atoms with Crippen molar-refractivity contribution in [3.63, 3.8) is 0 Å². The molecule has 3 heterocycles. The van der Waals surface area contributed by atoms with Crippen LogP contribution in [0.2, 0.25) is 0 Å². The van der Waals surface area contributed by atoms with E-state index < -0.39 is 5.60 Å². The highest BCUT2D eigenvalue weighted by atomic mass is 35.5. The van der Waals surface area contributed by atoms with Crippen molar-refractivity contribution in [1.29, 1.82) is 0 Å². The van der Waals surface area contributed by atoms with Crippen molar-refractivity contribution in [2.24, 2.45) is 0 Å². The molecule has 1 amide bonds. The van der Waals surface area contributed by atoms with Crippen LogP contribution in [0.3, 0.4) is 0 Å². The molecule has 2 aliphatic heterocycles. The smallest absolute Gasteiger partial charge is 0.252 e. The first kappa shape index (κ1) is 22.0. The van der Waals surface area contributed by atoms with Gasteiger partial charge in [0.2, 0.25) is 0 Å². The second kappa shape index (κ2) is 10.2. The number of anilines is 1. The zero-order valence-electron chi connectivity index (χ0n) is 14.6. The number of halogens is 2. The summed E-state index contributed by atoms with van der Waals surface area (Å²) in [7, 11) is 1.63. The molecule has 0 unspecified atom stereocenters. The highest BCUT2D eigenvalue weighted by Gasteiger charge is 2.39. The zero-order chi connectivity index (χ0) is 16.1. The first-order valence-electron chi connectivity index (χ1n) is 8.48. The number of hydrogen-bond acceptors (Lipinski definition) is 5. The number of nitrogens with one attached hydrogen (secondary N) is 2. The van der Waals surface area contributed by atoms with Gasteiger partial charge >= 0.3 is 0 Å². The van der Waals surface area contributed by atoms with E-state index in [0.717, 1.165) is 37.6 Å². The third-order valence-electron chi connectivity index (χ3n) is 4.91. The van der Waals surface area contributed by atoms with Crippen LogP contribution in [-0.4, -0.2) is 49.8 Å². The van der Waals surface area contributed by atoms with Gasteiger partial charge in [-0.05, 0) is 56.5 Å². The number of ether oxygens (including phenoxy) is 1. The molecule has 1 aromatic rings. The molecule has 3 rings (SSSR count). The molecule has 2 fully saturated rings. The van der Waals surface area contributed by atoms with Gasteiger partial charge in [0.15, 0.2) is 0 Å². The molecule has 0 aliphatic carbocycles. The number of pyridine rings is 1. The van der Waals surface area contributed by atoms with Crippen molar-refractivity contribution in [3.8, 4) is 0 Å². The SMILES string of the molecule is COC1(C(=O)NCc2ccnc(N3CCCC3)c2)CCNCC1.Cl.Cl. The maximum Gasteiger partial charge on any atom is 0.252 e. The molecule has 25 heavy (non-hydrogen) atoms. The number of carbonyl (C=O) groups excluding carboxylic acids is 1. The number of hydrogen-bond donors (Lipinski definition) is 2. The maximum atomic E-state index is 12.6. The average Bonchev–Trinajstić information content (AvgIpc) is 3.15. The summed E-state index contributed by atoms with van der Waals surface area (Å²) in [6.07, 6.45) is 5.71. The molecule has 0 saturated carbocycles. The van der Waals surface area contributed by atoms with E-state index in [4.69, 9.17) is 4.74 Å². The van der Waals surface area contributed by atoms with Crippen LogP contribution >= 0.6 is 24.8 Å². The molecule has 6 nitrogen and oxygen atoms in total. The van der Waals surface area contributed by atoms with Crippen LogP contribution in [0.25, 0.3) is 0 Å². The molecule has 0 bridgehead atoms.